The fourth-order valence-electron chi connectivity index (χ4n) is 2.52. The Labute approximate surface area is 163 Å². The predicted octanol–water partition coefficient (Wildman–Crippen LogP) is 2.25. The molecule has 0 saturated carbocycles. The molecule has 0 unspecified atom stereocenters. The Balaban J connectivity index is 2.49. The van der Waals surface area contributed by atoms with Gasteiger partial charge in [-0.25, -0.2) is 4.99 Å². The lowest BCUT2D eigenvalue weighted by atomic mass is 10.2. The van der Waals surface area contributed by atoms with Gasteiger partial charge < -0.3 is 30.2 Å². The highest BCUT2D eigenvalue weighted by molar-refractivity contribution is 5.77. The highest BCUT2D eigenvalue weighted by Gasteiger charge is 2.07. The van der Waals surface area contributed by atoms with Crippen molar-refractivity contribution in [1.82, 2.24) is 10.2 Å². The van der Waals surface area contributed by atoms with Crippen molar-refractivity contribution < 1.29 is 14.2 Å². The van der Waals surface area contributed by atoms with Crippen molar-refractivity contribution in [2.75, 3.05) is 53.1 Å². The lowest BCUT2D eigenvalue weighted by Crippen LogP contribution is -2.32. The van der Waals surface area contributed by atoms with Gasteiger partial charge in [0.15, 0.2) is 17.5 Å². The van der Waals surface area contributed by atoms with Crippen molar-refractivity contribution in [3.8, 4) is 11.5 Å². The number of nitrogens with two attached hydrogens (primary N) is 1. The first-order chi connectivity index (χ1) is 13.1. The normalized spacial score (nSPS) is 11.7. The molecule has 0 fully saturated rings. The van der Waals surface area contributed by atoms with E-state index >= 15 is 0 Å². The summed E-state index contributed by atoms with van der Waals surface area (Å²) in [5, 5.41) is 3.09. The smallest absolute Gasteiger partial charge is 0.188 e. The predicted molar refractivity (Wildman–Crippen MR) is 111 cm³/mol. The molecule has 0 radical (unpaired) electrons. The van der Waals surface area contributed by atoms with E-state index in [9.17, 15) is 0 Å². The van der Waals surface area contributed by atoms with Crippen LogP contribution < -0.4 is 20.5 Å². The number of rotatable bonds is 14. The Morgan fingerprint density at radius 1 is 1.15 bits per heavy atom. The van der Waals surface area contributed by atoms with Gasteiger partial charge in [-0.2, -0.15) is 0 Å². The quantitative estimate of drug-likeness (QED) is 0.293. The zero-order valence-corrected chi connectivity index (χ0v) is 17.3. The summed E-state index contributed by atoms with van der Waals surface area (Å²) >= 11 is 0. The largest absolute Gasteiger partial charge is 0.493 e. The van der Waals surface area contributed by atoms with E-state index in [4.69, 9.17) is 19.9 Å². The molecule has 0 heterocycles. The minimum absolute atomic E-state index is 0.435. The number of benzene rings is 1. The van der Waals surface area contributed by atoms with Crippen molar-refractivity contribution in [2.24, 2.45) is 10.7 Å². The molecule has 0 aliphatic heterocycles. The molecule has 154 valence electrons. The minimum atomic E-state index is 0.435. The number of aliphatic imine (C=N–C) groups is 1. The van der Waals surface area contributed by atoms with Crippen LogP contribution in [0.2, 0.25) is 0 Å². The van der Waals surface area contributed by atoms with E-state index in [0.29, 0.717) is 24.9 Å². The van der Waals surface area contributed by atoms with Crippen LogP contribution in [0.5, 0.6) is 11.5 Å². The highest BCUT2D eigenvalue weighted by Crippen LogP contribution is 2.28. The van der Waals surface area contributed by atoms with Crippen LogP contribution in [0.3, 0.4) is 0 Å². The summed E-state index contributed by atoms with van der Waals surface area (Å²) in [6, 6.07) is 5.86. The first kappa shape index (κ1) is 23.0. The Hall–Kier alpha value is -1.99. The monoisotopic (exact) mass is 380 g/mol. The molecule has 0 aliphatic carbocycles. The van der Waals surface area contributed by atoms with Crippen LogP contribution in [0.1, 0.15) is 32.8 Å². The average Bonchev–Trinajstić information content (AvgIpc) is 2.70. The maximum absolute atomic E-state index is 5.89. The number of methoxy groups -OCH3 is 1. The summed E-state index contributed by atoms with van der Waals surface area (Å²) in [6.45, 7) is 12.6. The van der Waals surface area contributed by atoms with Crippen LogP contribution >= 0.6 is 0 Å². The molecule has 0 aliphatic rings. The molecule has 7 nitrogen and oxygen atoms in total. The lowest BCUT2D eigenvalue weighted by Gasteiger charge is -2.18. The molecule has 0 saturated heterocycles. The topological polar surface area (TPSA) is 81.3 Å². The van der Waals surface area contributed by atoms with Crippen LogP contribution in [0.25, 0.3) is 0 Å². The second-order valence-corrected chi connectivity index (χ2v) is 6.04. The van der Waals surface area contributed by atoms with Crippen molar-refractivity contribution in [3.63, 3.8) is 0 Å². The second kappa shape index (κ2) is 14.1. The summed E-state index contributed by atoms with van der Waals surface area (Å²) < 4.78 is 16.6. The molecule has 0 amide bonds. The highest BCUT2D eigenvalue weighted by atomic mass is 16.5. The van der Waals surface area contributed by atoms with Gasteiger partial charge in [0.05, 0.1) is 13.7 Å². The van der Waals surface area contributed by atoms with Crippen molar-refractivity contribution in [3.05, 3.63) is 23.8 Å². The molecule has 1 rings (SSSR count). The molecule has 0 aromatic heterocycles. The van der Waals surface area contributed by atoms with Gasteiger partial charge in [0, 0.05) is 26.3 Å². The van der Waals surface area contributed by atoms with Crippen molar-refractivity contribution in [2.45, 2.75) is 33.7 Å². The van der Waals surface area contributed by atoms with Crippen LogP contribution in [0.15, 0.2) is 23.2 Å². The van der Waals surface area contributed by atoms with E-state index in [2.05, 4.69) is 29.1 Å². The van der Waals surface area contributed by atoms with Gasteiger partial charge >= 0.3 is 0 Å². The Morgan fingerprint density at radius 2 is 1.93 bits per heavy atom. The van der Waals surface area contributed by atoms with Crippen molar-refractivity contribution in [1.29, 1.82) is 0 Å². The number of nitrogens with zero attached hydrogens (tertiary/aromatic N) is 2. The zero-order valence-electron chi connectivity index (χ0n) is 17.3. The molecule has 1 aromatic rings. The van der Waals surface area contributed by atoms with Gasteiger partial charge in [-0.3, -0.25) is 0 Å². The Kier molecular flexibility index (Phi) is 12.1. The summed E-state index contributed by atoms with van der Waals surface area (Å²) in [6.07, 6.45) is 0.900. The third-order valence-corrected chi connectivity index (χ3v) is 4.20. The molecule has 0 atom stereocenters. The van der Waals surface area contributed by atoms with Gasteiger partial charge in [-0.1, -0.05) is 19.9 Å². The summed E-state index contributed by atoms with van der Waals surface area (Å²) in [5.74, 6) is 1.90. The lowest BCUT2D eigenvalue weighted by molar-refractivity contribution is 0.145. The molecule has 27 heavy (non-hydrogen) atoms. The summed E-state index contributed by atoms with van der Waals surface area (Å²) in [7, 11) is 1.65. The number of hydrogen-bond acceptors (Lipinski definition) is 5. The Morgan fingerprint density at radius 3 is 2.59 bits per heavy atom. The van der Waals surface area contributed by atoms with Crippen LogP contribution in [0, 0.1) is 0 Å². The molecule has 3 N–H and O–H groups in total. The third-order valence-electron chi connectivity index (χ3n) is 4.20. The van der Waals surface area contributed by atoms with Gasteiger partial charge in [-0.05, 0) is 44.1 Å². The van der Waals surface area contributed by atoms with E-state index < -0.39 is 0 Å². The Bertz CT molecular complexity index is 548. The van der Waals surface area contributed by atoms with Gasteiger partial charge in [-0.15, -0.1) is 0 Å². The van der Waals surface area contributed by atoms with Gasteiger partial charge in [0.1, 0.15) is 6.61 Å². The van der Waals surface area contributed by atoms with Crippen LogP contribution in [-0.2, 0) is 11.3 Å². The van der Waals surface area contributed by atoms with E-state index in [1.165, 1.54) is 0 Å². The molecule has 0 bridgehead atoms. The molecular weight excluding hydrogens is 344 g/mol. The van der Waals surface area contributed by atoms with E-state index in [-0.39, 0.29) is 0 Å². The van der Waals surface area contributed by atoms with Crippen LogP contribution in [-0.4, -0.2) is 64.0 Å². The SMILES string of the molecule is CCOCCCNC(N)=NCc1ccc(OCCN(CC)CC)c(OC)c1. The summed E-state index contributed by atoms with van der Waals surface area (Å²) in [4.78, 5) is 6.68. The fourth-order valence-corrected chi connectivity index (χ4v) is 2.52. The number of likely N-dealkylation sites (N-methyl/N-ethyl adjacent to an activating group) is 1. The average molecular weight is 381 g/mol. The van der Waals surface area contributed by atoms with E-state index in [1.807, 2.05) is 25.1 Å². The van der Waals surface area contributed by atoms with E-state index in [1.54, 1.807) is 7.11 Å². The number of hydrogen-bond donors (Lipinski definition) is 2. The second-order valence-electron chi connectivity index (χ2n) is 6.04. The first-order valence-electron chi connectivity index (χ1n) is 9.78. The van der Waals surface area contributed by atoms with E-state index in [0.717, 1.165) is 57.1 Å². The molecular formula is C20H36N4O3. The van der Waals surface area contributed by atoms with Gasteiger partial charge in [0.25, 0.3) is 0 Å². The fraction of sp³-hybridized carbons (Fsp3) is 0.650. The van der Waals surface area contributed by atoms with Gasteiger partial charge in [0.2, 0.25) is 0 Å². The molecule has 0 spiro atoms. The number of nitrogens with one attached hydrogen (secondary N) is 1. The number of ether oxygens (including phenoxy) is 3. The minimum Gasteiger partial charge on any atom is -0.493 e. The first-order valence-corrected chi connectivity index (χ1v) is 9.78. The third kappa shape index (κ3) is 9.49. The maximum atomic E-state index is 5.89. The van der Waals surface area contributed by atoms with Crippen molar-refractivity contribution >= 4 is 5.96 Å². The maximum Gasteiger partial charge on any atom is 0.188 e. The van der Waals surface area contributed by atoms with Crippen LogP contribution in [0.4, 0.5) is 0 Å². The standard InChI is InChI=1S/C20H36N4O3/c1-5-24(6-2)12-14-27-18-10-9-17(15-19(18)25-4)16-23-20(21)22-11-8-13-26-7-3/h9-10,15H,5-8,11-14,16H2,1-4H3,(H3,21,22,23). The molecule has 1 aromatic carbocycles. The summed E-state index contributed by atoms with van der Waals surface area (Å²) in [5.41, 5.74) is 6.91. The zero-order chi connectivity index (χ0) is 19.9. The number of guanidine groups is 1. The molecule has 7 heteroatoms.